The van der Waals surface area contributed by atoms with Crippen molar-refractivity contribution in [2.24, 2.45) is 0 Å². The Labute approximate surface area is 222 Å². The summed E-state index contributed by atoms with van der Waals surface area (Å²) in [5, 5.41) is 4.41. The molecule has 1 unspecified atom stereocenters. The molecule has 0 N–H and O–H groups in total. The first kappa shape index (κ1) is 25.7. The molecule has 0 spiro atoms. The van der Waals surface area contributed by atoms with Gasteiger partial charge in [-0.3, -0.25) is 4.39 Å². The number of fused-ring (bicyclic) bond motifs is 3. The Morgan fingerprint density at radius 3 is 2.67 bits per heavy atom. The molecule has 0 bridgehead atoms. The zero-order valence-electron chi connectivity index (χ0n) is 19.3. The van der Waals surface area contributed by atoms with E-state index in [4.69, 9.17) is 0 Å². The van der Waals surface area contributed by atoms with E-state index in [1.165, 1.54) is 17.3 Å². The van der Waals surface area contributed by atoms with Crippen LogP contribution >= 0.6 is 0 Å². The van der Waals surface area contributed by atoms with Crippen molar-refractivity contribution in [2.45, 2.75) is 19.5 Å². The minimum absolute atomic E-state index is 0. The van der Waals surface area contributed by atoms with Crippen molar-refractivity contribution in [3.8, 4) is 22.4 Å². The van der Waals surface area contributed by atoms with Gasteiger partial charge in [-0.2, -0.15) is 41.6 Å². The minimum atomic E-state index is -1.26. The Hall–Kier alpha value is -3.41. The van der Waals surface area contributed by atoms with E-state index in [1.54, 1.807) is 6.07 Å². The summed E-state index contributed by atoms with van der Waals surface area (Å²) in [6.07, 6.45) is 6.76. The van der Waals surface area contributed by atoms with Crippen LogP contribution in [0.5, 0.6) is 0 Å². The molecule has 0 radical (unpaired) electrons. The monoisotopic (exact) mass is 661 g/mol. The van der Waals surface area contributed by atoms with Gasteiger partial charge in [0.25, 0.3) is 0 Å². The third-order valence-electron chi connectivity index (χ3n) is 6.06. The van der Waals surface area contributed by atoms with Gasteiger partial charge in [0.1, 0.15) is 0 Å². The SMILES string of the molecule is Cc1ccnc(-c2[c-]c(F)cc(F)c2F)c1-c1ccccc1.[Ir+3].[c-]1cccc2c1C1[N-]C=CN1CC2. The molecule has 3 aromatic carbocycles. The third-order valence-corrected chi connectivity index (χ3v) is 6.06. The minimum Gasteiger partial charge on any atom is -0.668 e. The number of rotatable bonds is 2. The molecule has 0 aliphatic carbocycles. The van der Waals surface area contributed by atoms with Gasteiger partial charge in [0.2, 0.25) is 0 Å². The number of aromatic nitrogens is 1. The first-order valence-electron chi connectivity index (χ1n) is 11.2. The van der Waals surface area contributed by atoms with Gasteiger partial charge in [-0.25, -0.2) is 8.78 Å². The quantitative estimate of drug-likeness (QED) is 0.169. The Kier molecular flexibility index (Phi) is 7.92. The predicted octanol–water partition coefficient (Wildman–Crippen LogP) is 7.14. The number of hydrogen-bond donors (Lipinski definition) is 0. The fourth-order valence-corrected chi connectivity index (χ4v) is 4.39. The maximum Gasteiger partial charge on any atom is 3.00 e. The van der Waals surface area contributed by atoms with Crippen LogP contribution in [0.1, 0.15) is 22.9 Å². The van der Waals surface area contributed by atoms with Crippen molar-refractivity contribution in [1.82, 2.24) is 9.88 Å². The van der Waals surface area contributed by atoms with E-state index in [2.05, 4.69) is 45.7 Å². The molecule has 36 heavy (non-hydrogen) atoms. The molecule has 6 rings (SSSR count). The molecule has 0 saturated heterocycles. The van der Waals surface area contributed by atoms with E-state index in [-0.39, 0.29) is 37.5 Å². The van der Waals surface area contributed by atoms with Crippen LogP contribution in [0.2, 0.25) is 0 Å². The summed E-state index contributed by atoms with van der Waals surface area (Å²) in [6.45, 7) is 2.91. The number of aryl methyl sites for hydroxylation is 1. The molecule has 1 aromatic heterocycles. The normalized spacial score (nSPS) is 15.1. The fourth-order valence-electron chi connectivity index (χ4n) is 4.39. The molecule has 1 atom stereocenters. The average molecular weight is 661 g/mol. The van der Waals surface area contributed by atoms with Crippen LogP contribution < -0.4 is 0 Å². The summed E-state index contributed by atoms with van der Waals surface area (Å²) in [4.78, 5) is 6.39. The fraction of sp³-hybridized carbons (Fsp3) is 0.138. The van der Waals surface area contributed by atoms with Gasteiger partial charge in [0.05, 0.1) is 11.6 Å². The molecule has 4 aromatic rings. The van der Waals surface area contributed by atoms with E-state index in [0.717, 1.165) is 24.1 Å². The number of halogens is 3. The van der Waals surface area contributed by atoms with Gasteiger partial charge in [0.15, 0.2) is 0 Å². The molecule has 0 amide bonds. The first-order valence-corrected chi connectivity index (χ1v) is 11.2. The zero-order chi connectivity index (χ0) is 24.4. The molecule has 3 heterocycles. The smallest absolute Gasteiger partial charge is 0.668 e. The largest absolute Gasteiger partial charge is 3.00 e. The average Bonchev–Trinajstić information content (AvgIpc) is 3.37. The van der Waals surface area contributed by atoms with Gasteiger partial charge >= 0.3 is 20.1 Å². The Balaban J connectivity index is 0.000000185. The van der Waals surface area contributed by atoms with E-state index >= 15 is 0 Å². The second kappa shape index (κ2) is 11.1. The van der Waals surface area contributed by atoms with Gasteiger partial charge < -0.3 is 15.2 Å². The van der Waals surface area contributed by atoms with E-state index in [1.807, 2.05) is 49.5 Å². The van der Waals surface area contributed by atoms with Crippen molar-refractivity contribution >= 4 is 0 Å². The molecule has 182 valence electrons. The van der Waals surface area contributed by atoms with Crippen LogP contribution in [-0.4, -0.2) is 16.4 Å². The Morgan fingerprint density at radius 1 is 1.06 bits per heavy atom. The van der Waals surface area contributed by atoms with Crippen LogP contribution in [0.25, 0.3) is 27.7 Å². The molecule has 2 aliphatic rings. The van der Waals surface area contributed by atoms with E-state index < -0.39 is 17.5 Å². The second-order valence-electron chi connectivity index (χ2n) is 8.29. The molecule has 0 saturated carbocycles. The summed E-state index contributed by atoms with van der Waals surface area (Å²) in [5.41, 5.74) is 4.76. The molecule has 2 aliphatic heterocycles. The third kappa shape index (κ3) is 5.08. The summed E-state index contributed by atoms with van der Waals surface area (Å²) in [7, 11) is 0. The van der Waals surface area contributed by atoms with Crippen molar-refractivity contribution in [2.75, 3.05) is 6.54 Å². The number of pyridine rings is 1. The summed E-state index contributed by atoms with van der Waals surface area (Å²) in [6, 6.07) is 23.1. The van der Waals surface area contributed by atoms with Crippen LogP contribution in [0.3, 0.4) is 0 Å². The van der Waals surface area contributed by atoms with Crippen LogP contribution in [0.15, 0.2) is 79.3 Å². The van der Waals surface area contributed by atoms with Gasteiger partial charge in [-0.05, 0) is 47.7 Å². The number of nitrogens with zero attached hydrogens (tertiary/aromatic N) is 3. The second-order valence-corrected chi connectivity index (χ2v) is 8.29. The molecule has 7 heteroatoms. The van der Waals surface area contributed by atoms with Gasteiger partial charge in [0, 0.05) is 18.6 Å². The Morgan fingerprint density at radius 2 is 1.86 bits per heavy atom. The standard InChI is InChI=1S/C18H11F3N.C11H10N2.Ir/c1-11-7-8-22-18(16(11)12-5-3-2-4-6-12)14-9-13(19)10-15(20)17(14)21;1-2-4-10-9(3-1)5-7-13-8-6-12-11(10)13;/h2-8,10H,1H3;1-3,6,8,11H,5,7H2;/q-1;-2;+3. The zero-order valence-corrected chi connectivity index (χ0v) is 21.7. The summed E-state index contributed by atoms with van der Waals surface area (Å²) < 4.78 is 41.0. The van der Waals surface area contributed by atoms with E-state index in [0.29, 0.717) is 11.6 Å². The topological polar surface area (TPSA) is 30.2 Å². The van der Waals surface area contributed by atoms with E-state index in [9.17, 15) is 13.2 Å². The van der Waals surface area contributed by atoms with Crippen molar-refractivity contribution in [1.29, 1.82) is 0 Å². The predicted molar refractivity (Wildman–Crippen MR) is 129 cm³/mol. The molecule has 3 nitrogen and oxygen atoms in total. The van der Waals surface area contributed by atoms with Crippen LogP contribution in [0, 0.1) is 36.5 Å². The first-order chi connectivity index (χ1) is 17.0. The summed E-state index contributed by atoms with van der Waals surface area (Å²) in [5.74, 6) is -3.37. The van der Waals surface area contributed by atoms with Gasteiger partial charge in [-0.1, -0.05) is 48.4 Å². The van der Waals surface area contributed by atoms with Crippen molar-refractivity contribution in [3.05, 3.63) is 131 Å². The summed E-state index contributed by atoms with van der Waals surface area (Å²) >= 11 is 0. The van der Waals surface area contributed by atoms with Gasteiger partial charge in [-0.15, -0.1) is 6.07 Å². The van der Waals surface area contributed by atoms with Crippen molar-refractivity contribution in [3.63, 3.8) is 0 Å². The number of benzene rings is 3. The van der Waals surface area contributed by atoms with Crippen molar-refractivity contribution < 1.29 is 33.3 Å². The molecular formula is C29H21F3IrN3. The molecular weight excluding hydrogens is 640 g/mol. The van der Waals surface area contributed by atoms with Crippen LogP contribution in [0.4, 0.5) is 13.2 Å². The maximum absolute atomic E-state index is 14.1. The Bertz CT molecular complexity index is 1390. The molecule has 0 fully saturated rings. The van der Waals surface area contributed by atoms with Crippen LogP contribution in [-0.2, 0) is 26.5 Å². The number of hydrogen-bond acceptors (Lipinski definition) is 2. The maximum atomic E-state index is 14.1.